The lowest BCUT2D eigenvalue weighted by Crippen LogP contribution is -2.28. The van der Waals surface area contributed by atoms with Gasteiger partial charge in [0.1, 0.15) is 11.8 Å². The van der Waals surface area contributed by atoms with Gasteiger partial charge in [-0.25, -0.2) is 14.6 Å². The standard InChI is InChI=1S/C25H26N2O5/c1-16-20(26-23(31-16)19-7-3-2-4-8-19)14-15-22(28)18-12-10-17(11-13-18)6-5-9-21-24(29)32-25(30)27-21/h2-4,7-8,10-13,21-22,28H,5-6,9,14-15H2,1H3,(H,27,30). The van der Waals surface area contributed by atoms with Crippen LogP contribution in [-0.2, 0) is 22.4 Å². The van der Waals surface area contributed by atoms with Crippen LogP contribution in [0.15, 0.2) is 59.0 Å². The fourth-order valence-corrected chi connectivity index (χ4v) is 3.80. The molecule has 1 aromatic heterocycles. The van der Waals surface area contributed by atoms with Crippen LogP contribution in [0.5, 0.6) is 0 Å². The molecule has 0 saturated carbocycles. The molecule has 7 nitrogen and oxygen atoms in total. The maximum Gasteiger partial charge on any atom is 0.415 e. The molecule has 0 spiro atoms. The van der Waals surface area contributed by atoms with Crippen molar-refractivity contribution in [2.75, 3.05) is 0 Å². The van der Waals surface area contributed by atoms with E-state index in [4.69, 9.17) is 4.42 Å². The van der Waals surface area contributed by atoms with Crippen molar-refractivity contribution in [3.8, 4) is 11.5 Å². The second-order valence-electron chi connectivity index (χ2n) is 7.98. The molecule has 166 valence electrons. The molecule has 1 fully saturated rings. The van der Waals surface area contributed by atoms with Gasteiger partial charge in [0, 0.05) is 5.56 Å². The van der Waals surface area contributed by atoms with Crippen LogP contribution >= 0.6 is 0 Å². The molecule has 1 amide bonds. The number of cyclic esters (lactones) is 2. The molecule has 2 aromatic carbocycles. The monoisotopic (exact) mass is 434 g/mol. The van der Waals surface area contributed by atoms with Crippen LogP contribution in [-0.4, -0.2) is 28.2 Å². The topological polar surface area (TPSA) is 102 Å². The molecule has 1 aliphatic rings. The number of esters is 1. The predicted octanol–water partition coefficient (Wildman–Crippen LogP) is 4.27. The summed E-state index contributed by atoms with van der Waals surface area (Å²) in [6.45, 7) is 1.90. The van der Waals surface area contributed by atoms with Crippen LogP contribution < -0.4 is 5.32 Å². The number of oxazole rings is 1. The number of rotatable bonds is 9. The summed E-state index contributed by atoms with van der Waals surface area (Å²) >= 11 is 0. The van der Waals surface area contributed by atoms with Crippen molar-refractivity contribution in [2.45, 2.75) is 51.2 Å². The van der Waals surface area contributed by atoms with Gasteiger partial charge in [0.15, 0.2) is 0 Å². The van der Waals surface area contributed by atoms with Crippen LogP contribution in [0.1, 0.15) is 47.9 Å². The number of alkyl carbamates (subject to hydrolysis) is 1. The first-order valence-corrected chi connectivity index (χ1v) is 10.8. The van der Waals surface area contributed by atoms with E-state index in [0.717, 1.165) is 41.0 Å². The molecule has 0 radical (unpaired) electrons. The predicted molar refractivity (Wildman–Crippen MR) is 118 cm³/mol. The molecule has 1 aliphatic heterocycles. The van der Waals surface area contributed by atoms with Crippen molar-refractivity contribution in [3.63, 3.8) is 0 Å². The highest BCUT2D eigenvalue weighted by atomic mass is 16.6. The molecule has 2 atom stereocenters. The van der Waals surface area contributed by atoms with E-state index in [1.165, 1.54) is 0 Å². The minimum atomic E-state index is -0.671. The number of nitrogens with zero attached hydrogens (tertiary/aromatic N) is 1. The minimum Gasteiger partial charge on any atom is -0.441 e. The lowest BCUT2D eigenvalue weighted by Gasteiger charge is -2.11. The third-order valence-electron chi connectivity index (χ3n) is 5.66. The van der Waals surface area contributed by atoms with Crippen LogP contribution in [0, 0.1) is 6.92 Å². The Balaban J connectivity index is 1.27. The van der Waals surface area contributed by atoms with Gasteiger partial charge in [0.25, 0.3) is 0 Å². The molecule has 4 rings (SSSR count). The number of amides is 1. The smallest absolute Gasteiger partial charge is 0.415 e. The number of aryl methyl sites for hydroxylation is 3. The Morgan fingerprint density at radius 1 is 1.06 bits per heavy atom. The molecule has 1 saturated heterocycles. The van der Waals surface area contributed by atoms with Gasteiger partial charge in [-0.15, -0.1) is 0 Å². The first-order valence-electron chi connectivity index (χ1n) is 10.8. The number of ether oxygens (including phenoxy) is 1. The molecule has 3 aromatic rings. The normalized spacial score (nSPS) is 16.6. The number of benzene rings is 2. The number of aliphatic hydroxyl groups is 1. The maximum atomic E-state index is 11.5. The Labute approximate surface area is 186 Å². The fourth-order valence-electron chi connectivity index (χ4n) is 3.80. The highest BCUT2D eigenvalue weighted by Gasteiger charge is 2.31. The van der Waals surface area contributed by atoms with Gasteiger partial charge in [0.2, 0.25) is 5.89 Å². The van der Waals surface area contributed by atoms with E-state index < -0.39 is 24.2 Å². The first kappa shape index (κ1) is 21.8. The van der Waals surface area contributed by atoms with Crippen LogP contribution in [0.4, 0.5) is 4.79 Å². The average molecular weight is 434 g/mol. The van der Waals surface area contributed by atoms with Gasteiger partial charge in [-0.05, 0) is 62.3 Å². The van der Waals surface area contributed by atoms with Crippen LogP contribution in [0.2, 0.25) is 0 Å². The van der Waals surface area contributed by atoms with Crippen molar-refractivity contribution in [3.05, 3.63) is 77.2 Å². The number of aliphatic hydroxyl groups excluding tert-OH is 1. The number of aromatic nitrogens is 1. The summed E-state index contributed by atoms with van der Waals surface area (Å²) in [6, 6.07) is 17.0. The van der Waals surface area contributed by atoms with E-state index in [2.05, 4.69) is 15.0 Å². The molecule has 0 bridgehead atoms. The van der Waals surface area contributed by atoms with E-state index in [1.54, 1.807) is 0 Å². The van der Waals surface area contributed by atoms with E-state index in [-0.39, 0.29) is 0 Å². The van der Waals surface area contributed by atoms with Gasteiger partial charge < -0.3 is 19.6 Å². The third kappa shape index (κ3) is 5.23. The Bertz CT molecular complexity index is 1080. The van der Waals surface area contributed by atoms with Gasteiger partial charge in [0.05, 0.1) is 11.8 Å². The highest BCUT2D eigenvalue weighted by molar-refractivity contribution is 5.95. The average Bonchev–Trinajstić information content (AvgIpc) is 3.33. The first-order chi connectivity index (χ1) is 15.5. The van der Waals surface area contributed by atoms with Crippen molar-refractivity contribution in [1.29, 1.82) is 0 Å². The zero-order valence-electron chi connectivity index (χ0n) is 17.9. The van der Waals surface area contributed by atoms with Crippen molar-refractivity contribution in [1.82, 2.24) is 10.3 Å². The number of nitrogens with one attached hydrogen (secondary N) is 1. The Morgan fingerprint density at radius 2 is 1.81 bits per heavy atom. The largest absolute Gasteiger partial charge is 0.441 e. The summed E-state index contributed by atoms with van der Waals surface area (Å²) in [5.41, 5.74) is 3.76. The van der Waals surface area contributed by atoms with E-state index >= 15 is 0 Å². The maximum absolute atomic E-state index is 11.5. The van der Waals surface area contributed by atoms with Gasteiger partial charge in [-0.2, -0.15) is 0 Å². The number of carbonyl (C=O) groups excluding carboxylic acids is 2. The number of hydrogen-bond donors (Lipinski definition) is 2. The van der Waals surface area contributed by atoms with Gasteiger partial charge >= 0.3 is 12.1 Å². The Morgan fingerprint density at radius 3 is 2.50 bits per heavy atom. The quantitative estimate of drug-likeness (QED) is 0.385. The lowest BCUT2D eigenvalue weighted by atomic mass is 9.99. The molecule has 2 heterocycles. The Kier molecular flexibility index (Phi) is 6.66. The SMILES string of the molecule is Cc1oc(-c2ccccc2)nc1CCC(O)c1ccc(CCCC2NC(=O)OC2=O)cc1. The summed E-state index contributed by atoms with van der Waals surface area (Å²) in [5.74, 6) is 0.864. The minimum absolute atomic E-state index is 0.508. The summed E-state index contributed by atoms with van der Waals surface area (Å²) in [5, 5.41) is 13.1. The molecule has 2 N–H and O–H groups in total. The molecule has 32 heavy (non-hydrogen) atoms. The third-order valence-corrected chi connectivity index (χ3v) is 5.66. The zero-order valence-corrected chi connectivity index (χ0v) is 17.9. The number of carbonyl (C=O) groups is 2. The van der Waals surface area contributed by atoms with E-state index in [9.17, 15) is 14.7 Å². The highest BCUT2D eigenvalue weighted by Crippen LogP contribution is 2.25. The van der Waals surface area contributed by atoms with E-state index in [0.29, 0.717) is 25.2 Å². The zero-order chi connectivity index (χ0) is 22.5. The van der Waals surface area contributed by atoms with Crippen LogP contribution in [0.3, 0.4) is 0 Å². The molecular formula is C25H26N2O5. The van der Waals surface area contributed by atoms with Crippen LogP contribution in [0.25, 0.3) is 11.5 Å². The molecule has 2 unspecified atom stereocenters. The van der Waals surface area contributed by atoms with Gasteiger partial charge in [-0.1, -0.05) is 42.5 Å². The molecule has 7 heteroatoms. The number of hydrogen-bond acceptors (Lipinski definition) is 6. The summed E-state index contributed by atoms with van der Waals surface area (Å²) in [4.78, 5) is 27.1. The van der Waals surface area contributed by atoms with Crippen molar-refractivity contribution >= 4 is 12.1 Å². The summed E-state index contributed by atoms with van der Waals surface area (Å²) < 4.78 is 10.3. The molecular weight excluding hydrogens is 408 g/mol. The Hall–Kier alpha value is -3.45. The molecule has 0 aliphatic carbocycles. The summed E-state index contributed by atoms with van der Waals surface area (Å²) in [6.07, 6.45) is 1.96. The van der Waals surface area contributed by atoms with Gasteiger partial charge in [-0.3, -0.25) is 0 Å². The van der Waals surface area contributed by atoms with Crippen molar-refractivity contribution < 1.29 is 23.8 Å². The summed E-state index contributed by atoms with van der Waals surface area (Å²) in [7, 11) is 0. The second-order valence-corrected chi connectivity index (χ2v) is 7.98. The second kappa shape index (κ2) is 9.78. The van der Waals surface area contributed by atoms with E-state index in [1.807, 2.05) is 61.5 Å². The lowest BCUT2D eigenvalue weighted by molar-refractivity contribution is -0.135. The fraction of sp³-hybridized carbons (Fsp3) is 0.320. The van der Waals surface area contributed by atoms with Crippen molar-refractivity contribution in [2.24, 2.45) is 0 Å².